The second kappa shape index (κ2) is 4.92. The fourth-order valence-corrected chi connectivity index (χ4v) is 2.25. The Balaban J connectivity index is 3.39. The highest BCUT2D eigenvalue weighted by molar-refractivity contribution is 6.15. The third kappa shape index (κ3) is 2.19. The number of ether oxygens (including phenoxy) is 2. The molecule has 0 bridgehead atoms. The van der Waals surface area contributed by atoms with E-state index in [-0.39, 0.29) is 11.5 Å². The van der Waals surface area contributed by atoms with Crippen LogP contribution in [0, 0.1) is 5.92 Å². The van der Waals surface area contributed by atoms with E-state index in [1.54, 1.807) is 27.7 Å². The van der Waals surface area contributed by atoms with Crippen molar-refractivity contribution in [3.05, 3.63) is 12.2 Å². The molecule has 1 fully saturated rings. The Morgan fingerprint density at radius 1 is 1.30 bits per heavy atom. The number of likely N-dealkylation sites (tertiary alicyclic amines) is 1. The smallest absolute Gasteiger partial charge is 0.348 e. The quantitative estimate of drug-likeness (QED) is 0.428. The van der Waals surface area contributed by atoms with Crippen LogP contribution in [0.25, 0.3) is 0 Å². The fourth-order valence-electron chi connectivity index (χ4n) is 2.25. The molecular weight excluding hydrogens is 262 g/mol. The van der Waals surface area contributed by atoms with E-state index in [0.717, 1.165) is 12.0 Å². The van der Waals surface area contributed by atoms with Crippen LogP contribution in [0.3, 0.4) is 0 Å². The largest absolute Gasteiger partial charge is 0.467 e. The Kier molecular flexibility index (Phi) is 3.99. The van der Waals surface area contributed by atoms with E-state index in [2.05, 4.69) is 6.58 Å². The van der Waals surface area contributed by atoms with E-state index in [1.807, 2.05) is 0 Å². The van der Waals surface area contributed by atoms with Crippen LogP contribution < -0.4 is 0 Å². The molecule has 0 saturated carbocycles. The van der Waals surface area contributed by atoms with Gasteiger partial charge >= 0.3 is 11.9 Å². The molecule has 0 aromatic rings. The van der Waals surface area contributed by atoms with Crippen LogP contribution in [0.15, 0.2) is 12.2 Å². The van der Waals surface area contributed by atoms with Crippen LogP contribution in [-0.4, -0.2) is 48.0 Å². The summed E-state index contributed by atoms with van der Waals surface area (Å²) < 4.78 is 10.0. The molecule has 0 aliphatic carbocycles. The van der Waals surface area contributed by atoms with Gasteiger partial charge in [0.1, 0.15) is 5.60 Å². The van der Waals surface area contributed by atoms with Gasteiger partial charge in [0, 0.05) is 7.05 Å². The van der Waals surface area contributed by atoms with Crippen molar-refractivity contribution in [1.29, 1.82) is 0 Å². The zero-order valence-corrected chi connectivity index (χ0v) is 12.8. The van der Waals surface area contributed by atoms with Crippen LogP contribution in [0.2, 0.25) is 0 Å². The average Bonchev–Trinajstić information content (AvgIpc) is 2.49. The third-order valence-corrected chi connectivity index (χ3v) is 3.37. The molecule has 0 unspecified atom stereocenters. The van der Waals surface area contributed by atoms with Gasteiger partial charge in [-0.2, -0.15) is 0 Å². The summed E-state index contributed by atoms with van der Waals surface area (Å²) in [5.74, 6) is -2.73. The van der Waals surface area contributed by atoms with Crippen molar-refractivity contribution < 1.29 is 23.9 Å². The number of amides is 1. The molecule has 20 heavy (non-hydrogen) atoms. The van der Waals surface area contributed by atoms with Gasteiger partial charge in [0.15, 0.2) is 0 Å². The van der Waals surface area contributed by atoms with Crippen molar-refractivity contribution in [2.75, 3.05) is 14.2 Å². The Bertz CT molecular complexity index is 476. The minimum atomic E-state index is -1.90. The minimum absolute atomic E-state index is 0.172. The molecule has 1 aliphatic heterocycles. The maximum atomic E-state index is 12.5. The van der Waals surface area contributed by atoms with Gasteiger partial charge in [-0.25, -0.2) is 9.59 Å². The minimum Gasteiger partial charge on any atom is -0.467 e. The first-order valence-corrected chi connectivity index (χ1v) is 6.29. The highest BCUT2D eigenvalue weighted by Gasteiger charge is 2.63. The van der Waals surface area contributed by atoms with Gasteiger partial charge in [-0.3, -0.25) is 4.79 Å². The van der Waals surface area contributed by atoms with Crippen molar-refractivity contribution in [1.82, 2.24) is 4.90 Å². The number of esters is 2. The van der Waals surface area contributed by atoms with E-state index in [4.69, 9.17) is 9.47 Å². The Hall–Kier alpha value is -1.85. The summed E-state index contributed by atoms with van der Waals surface area (Å²) in [7, 11) is 2.53. The lowest BCUT2D eigenvalue weighted by atomic mass is 9.87. The summed E-state index contributed by atoms with van der Waals surface area (Å²) in [4.78, 5) is 37.8. The zero-order valence-electron chi connectivity index (χ0n) is 12.8. The van der Waals surface area contributed by atoms with Gasteiger partial charge in [-0.15, -0.1) is 0 Å². The summed E-state index contributed by atoms with van der Waals surface area (Å²) in [6.07, 6.45) is 0. The monoisotopic (exact) mass is 283 g/mol. The highest BCUT2D eigenvalue weighted by Crippen LogP contribution is 2.40. The van der Waals surface area contributed by atoms with Crippen molar-refractivity contribution in [2.24, 2.45) is 5.92 Å². The number of carbonyl (C=O) groups is 3. The Morgan fingerprint density at radius 2 is 1.80 bits per heavy atom. The van der Waals surface area contributed by atoms with Crippen molar-refractivity contribution in [3.8, 4) is 0 Å². The number of carbonyl (C=O) groups excluding carboxylic acids is 3. The molecule has 1 amide bonds. The van der Waals surface area contributed by atoms with Gasteiger partial charge in [-0.05, 0) is 33.3 Å². The van der Waals surface area contributed by atoms with Gasteiger partial charge in [0.25, 0.3) is 5.54 Å². The topological polar surface area (TPSA) is 72.9 Å². The van der Waals surface area contributed by atoms with Crippen LogP contribution in [-0.2, 0) is 23.9 Å². The second-order valence-corrected chi connectivity index (χ2v) is 5.85. The summed E-state index contributed by atoms with van der Waals surface area (Å²) >= 11 is 0. The van der Waals surface area contributed by atoms with Crippen molar-refractivity contribution in [2.45, 2.75) is 38.8 Å². The molecule has 1 saturated heterocycles. The van der Waals surface area contributed by atoms with E-state index in [1.165, 1.54) is 7.05 Å². The molecule has 1 rings (SSSR count). The number of likely N-dealkylation sites (N-methyl/N-ethyl adjacent to an activating group) is 1. The maximum absolute atomic E-state index is 12.5. The number of methoxy groups -OCH3 is 1. The Labute approximate surface area is 118 Å². The lowest BCUT2D eigenvalue weighted by Gasteiger charge is -2.34. The lowest BCUT2D eigenvalue weighted by Crippen LogP contribution is -2.59. The summed E-state index contributed by atoms with van der Waals surface area (Å²) in [6.45, 7) is 10.4. The lowest BCUT2D eigenvalue weighted by molar-refractivity contribution is -0.177. The molecule has 0 aromatic carbocycles. The number of nitrogens with zero attached hydrogens (tertiary/aromatic N) is 1. The standard InChI is InChI=1S/C14H21NO5/c1-8-9(2)14(11(17)19-7,15(6)10(8)16)12(18)20-13(3,4)5/h8H,2H2,1,3-7H3/t8-,14-/m1/s1. The molecule has 1 aliphatic rings. The van der Waals surface area contributed by atoms with Crippen LogP contribution >= 0.6 is 0 Å². The predicted molar refractivity (Wildman–Crippen MR) is 71.7 cm³/mol. The van der Waals surface area contributed by atoms with Gasteiger partial charge in [0.2, 0.25) is 5.91 Å². The van der Waals surface area contributed by atoms with Crippen molar-refractivity contribution >= 4 is 17.8 Å². The maximum Gasteiger partial charge on any atom is 0.348 e. The fraction of sp³-hybridized carbons (Fsp3) is 0.643. The second-order valence-electron chi connectivity index (χ2n) is 5.85. The SMILES string of the molecule is C=C1[C@@H](C)C(=O)N(C)[C@]1(C(=O)OC)C(=O)OC(C)(C)C. The zero-order chi connectivity index (χ0) is 15.9. The van der Waals surface area contributed by atoms with Crippen LogP contribution in [0.5, 0.6) is 0 Å². The van der Waals surface area contributed by atoms with E-state index in [0.29, 0.717) is 0 Å². The molecule has 0 spiro atoms. The average molecular weight is 283 g/mol. The third-order valence-electron chi connectivity index (χ3n) is 3.37. The molecule has 112 valence electrons. The van der Waals surface area contributed by atoms with Gasteiger partial charge in [-0.1, -0.05) is 6.58 Å². The molecule has 0 aromatic heterocycles. The van der Waals surface area contributed by atoms with E-state index in [9.17, 15) is 14.4 Å². The number of rotatable bonds is 2. The first-order chi connectivity index (χ1) is 9.00. The van der Waals surface area contributed by atoms with E-state index >= 15 is 0 Å². The highest BCUT2D eigenvalue weighted by atomic mass is 16.6. The molecule has 2 atom stereocenters. The molecule has 1 heterocycles. The number of hydrogen-bond donors (Lipinski definition) is 0. The van der Waals surface area contributed by atoms with Gasteiger partial charge < -0.3 is 14.4 Å². The summed E-state index contributed by atoms with van der Waals surface area (Å²) in [5, 5.41) is 0. The van der Waals surface area contributed by atoms with Crippen LogP contribution in [0.4, 0.5) is 0 Å². The van der Waals surface area contributed by atoms with E-state index < -0.39 is 29.0 Å². The predicted octanol–water partition coefficient (Wildman–Crippen LogP) is 0.904. The summed E-state index contributed by atoms with van der Waals surface area (Å²) in [6, 6.07) is 0. The first-order valence-electron chi connectivity index (χ1n) is 6.29. The summed E-state index contributed by atoms with van der Waals surface area (Å²) in [5.41, 5.74) is -2.53. The molecule has 0 N–H and O–H groups in total. The molecular formula is C14H21NO5. The van der Waals surface area contributed by atoms with Crippen LogP contribution in [0.1, 0.15) is 27.7 Å². The Morgan fingerprint density at radius 3 is 2.10 bits per heavy atom. The van der Waals surface area contributed by atoms with Gasteiger partial charge in [0.05, 0.1) is 13.0 Å². The molecule has 6 nitrogen and oxygen atoms in total. The van der Waals surface area contributed by atoms with Crippen molar-refractivity contribution in [3.63, 3.8) is 0 Å². The molecule has 6 heteroatoms. The normalized spacial score (nSPS) is 26.7. The first kappa shape index (κ1) is 16.2. The molecule has 0 radical (unpaired) electrons. The number of hydrogen-bond acceptors (Lipinski definition) is 5.